The van der Waals surface area contributed by atoms with Crippen molar-refractivity contribution in [3.8, 4) is 5.40 Å². The highest BCUT2D eigenvalue weighted by Crippen LogP contribution is 2.28. The van der Waals surface area contributed by atoms with Crippen molar-refractivity contribution < 1.29 is 4.74 Å². The minimum absolute atomic E-state index is 0.373. The molecule has 1 atom stereocenters. The number of thioether (sulfide) groups is 1. The molecule has 0 radical (unpaired) electrons. The van der Waals surface area contributed by atoms with E-state index in [1.54, 1.807) is 7.11 Å². The Labute approximate surface area is 88.9 Å². The molecule has 1 unspecified atom stereocenters. The summed E-state index contributed by atoms with van der Waals surface area (Å²) in [6.07, 6.45) is 0. The van der Waals surface area contributed by atoms with Crippen LogP contribution >= 0.6 is 11.8 Å². The molecule has 0 bridgehead atoms. The van der Waals surface area contributed by atoms with Crippen molar-refractivity contribution in [2.75, 3.05) is 12.9 Å². The Morgan fingerprint density at radius 3 is 2.57 bits per heavy atom. The van der Waals surface area contributed by atoms with Crippen LogP contribution in [0, 0.1) is 10.7 Å². The predicted octanol–water partition coefficient (Wildman–Crippen LogP) is 2.76. The Balaban J connectivity index is 2.85. The fourth-order valence-corrected chi connectivity index (χ4v) is 1.85. The topological polar surface area (TPSA) is 33.0 Å². The average molecular weight is 207 g/mol. The summed E-state index contributed by atoms with van der Waals surface area (Å²) in [5, 5.41) is 10.6. The molecule has 2 nitrogen and oxygen atoms in total. The molecule has 0 saturated heterocycles. The summed E-state index contributed by atoms with van der Waals surface area (Å²) >= 11 is 1.22. The lowest BCUT2D eigenvalue weighted by molar-refractivity contribution is 0.0238. The van der Waals surface area contributed by atoms with Crippen LogP contribution in [0.25, 0.3) is 0 Å². The van der Waals surface area contributed by atoms with Gasteiger partial charge in [-0.25, -0.2) is 0 Å². The van der Waals surface area contributed by atoms with Gasteiger partial charge in [-0.15, -0.1) is 0 Å². The maximum absolute atomic E-state index is 8.53. The van der Waals surface area contributed by atoms with E-state index in [4.69, 9.17) is 10.00 Å². The van der Waals surface area contributed by atoms with Gasteiger partial charge in [0.25, 0.3) is 0 Å². The van der Waals surface area contributed by atoms with Gasteiger partial charge in [0.05, 0.1) is 5.60 Å². The summed E-state index contributed by atoms with van der Waals surface area (Å²) in [6, 6.07) is 9.95. The summed E-state index contributed by atoms with van der Waals surface area (Å²) in [6.45, 7) is 1.99. The highest BCUT2D eigenvalue weighted by molar-refractivity contribution is 8.03. The minimum Gasteiger partial charge on any atom is -0.373 e. The van der Waals surface area contributed by atoms with E-state index in [0.717, 1.165) is 5.56 Å². The molecule has 0 spiro atoms. The van der Waals surface area contributed by atoms with Gasteiger partial charge >= 0.3 is 0 Å². The summed E-state index contributed by atoms with van der Waals surface area (Å²) in [4.78, 5) is 0. The molecule has 0 aliphatic carbocycles. The molecule has 0 fully saturated rings. The van der Waals surface area contributed by atoms with E-state index < -0.39 is 0 Å². The summed E-state index contributed by atoms with van der Waals surface area (Å²) in [5.74, 6) is 0.643. The highest BCUT2D eigenvalue weighted by atomic mass is 32.2. The molecule has 0 saturated carbocycles. The van der Waals surface area contributed by atoms with Gasteiger partial charge in [-0.2, -0.15) is 5.26 Å². The van der Waals surface area contributed by atoms with Crippen molar-refractivity contribution in [3.63, 3.8) is 0 Å². The minimum atomic E-state index is -0.373. The Morgan fingerprint density at radius 2 is 2.07 bits per heavy atom. The molecule has 0 N–H and O–H groups in total. The second-order valence-corrected chi connectivity index (χ2v) is 3.94. The number of methoxy groups -OCH3 is 1. The van der Waals surface area contributed by atoms with Gasteiger partial charge in [0.2, 0.25) is 0 Å². The number of ether oxygens (including phenoxy) is 1. The number of nitriles is 1. The van der Waals surface area contributed by atoms with E-state index in [2.05, 4.69) is 5.40 Å². The number of hydrogen-bond donors (Lipinski definition) is 0. The first-order valence-electron chi connectivity index (χ1n) is 4.34. The number of rotatable bonds is 4. The zero-order chi connectivity index (χ0) is 10.4. The fraction of sp³-hybridized carbons (Fsp3) is 0.364. The molecule has 0 aromatic heterocycles. The molecule has 74 valence electrons. The third kappa shape index (κ3) is 2.50. The van der Waals surface area contributed by atoms with E-state index >= 15 is 0 Å². The van der Waals surface area contributed by atoms with E-state index in [-0.39, 0.29) is 5.60 Å². The lowest BCUT2D eigenvalue weighted by Crippen LogP contribution is -2.27. The van der Waals surface area contributed by atoms with E-state index in [1.807, 2.05) is 37.3 Å². The monoisotopic (exact) mass is 207 g/mol. The van der Waals surface area contributed by atoms with E-state index in [0.29, 0.717) is 5.75 Å². The maximum atomic E-state index is 8.53. The molecule has 0 heterocycles. The van der Waals surface area contributed by atoms with Gasteiger partial charge in [-0.1, -0.05) is 30.3 Å². The quantitative estimate of drug-likeness (QED) is 0.712. The number of benzene rings is 1. The van der Waals surface area contributed by atoms with Crippen LogP contribution in [0.2, 0.25) is 0 Å². The second-order valence-electron chi connectivity index (χ2n) is 3.18. The smallest absolute Gasteiger partial charge is 0.133 e. The lowest BCUT2D eigenvalue weighted by Gasteiger charge is -2.27. The van der Waals surface area contributed by atoms with Crippen molar-refractivity contribution in [1.29, 1.82) is 5.26 Å². The molecule has 0 amide bonds. The van der Waals surface area contributed by atoms with Crippen LogP contribution in [-0.4, -0.2) is 12.9 Å². The van der Waals surface area contributed by atoms with Crippen molar-refractivity contribution in [2.24, 2.45) is 0 Å². The first kappa shape index (κ1) is 11.1. The summed E-state index contributed by atoms with van der Waals surface area (Å²) in [5.41, 5.74) is 0.729. The largest absolute Gasteiger partial charge is 0.373 e. The fourth-order valence-electron chi connectivity index (χ4n) is 1.22. The SMILES string of the molecule is COC(C)(CSC#N)c1ccccc1. The second kappa shape index (κ2) is 5.04. The standard InChI is InChI=1S/C11H13NOS/c1-11(13-2,8-14-9-12)10-6-4-3-5-7-10/h3-7H,8H2,1-2H3. The van der Waals surface area contributed by atoms with Crippen LogP contribution in [0.5, 0.6) is 0 Å². The summed E-state index contributed by atoms with van der Waals surface area (Å²) in [7, 11) is 1.67. The first-order chi connectivity index (χ1) is 6.73. The lowest BCUT2D eigenvalue weighted by atomic mass is 9.98. The van der Waals surface area contributed by atoms with Gasteiger partial charge < -0.3 is 4.74 Å². The van der Waals surface area contributed by atoms with Crippen LogP contribution in [0.15, 0.2) is 30.3 Å². The van der Waals surface area contributed by atoms with Gasteiger partial charge in [0.1, 0.15) is 5.40 Å². The summed E-state index contributed by atoms with van der Waals surface area (Å²) < 4.78 is 5.45. The Kier molecular flexibility index (Phi) is 3.99. The van der Waals surface area contributed by atoms with Crippen molar-refractivity contribution in [3.05, 3.63) is 35.9 Å². The molecule has 1 rings (SSSR count). The molecule has 1 aromatic rings. The normalized spacial score (nSPS) is 14.4. The molecule has 0 aliphatic heterocycles. The first-order valence-corrected chi connectivity index (χ1v) is 5.33. The number of nitrogens with zero attached hydrogens (tertiary/aromatic N) is 1. The third-order valence-corrected chi connectivity index (χ3v) is 3.07. The van der Waals surface area contributed by atoms with Crippen LogP contribution in [0.4, 0.5) is 0 Å². The van der Waals surface area contributed by atoms with Gasteiger partial charge in [-0.05, 0) is 24.2 Å². The third-order valence-electron chi connectivity index (χ3n) is 2.25. The van der Waals surface area contributed by atoms with Crippen molar-refractivity contribution in [1.82, 2.24) is 0 Å². The van der Waals surface area contributed by atoms with E-state index in [1.165, 1.54) is 11.8 Å². The number of thiocyanates is 1. The molecule has 14 heavy (non-hydrogen) atoms. The zero-order valence-electron chi connectivity index (χ0n) is 8.36. The molecular formula is C11H13NOS. The van der Waals surface area contributed by atoms with Gasteiger partial charge in [-0.3, -0.25) is 0 Å². The molecule has 1 aromatic carbocycles. The van der Waals surface area contributed by atoms with E-state index in [9.17, 15) is 0 Å². The van der Waals surface area contributed by atoms with Gasteiger partial charge in [0, 0.05) is 12.9 Å². The number of hydrogen-bond acceptors (Lipinski definition) is 3. The molecular weight excluding hydrogens is 194 g/mol. The maximum Gasteiger partial charge on any atom is 0.133 e. The Bertz CT molecular complexity index is 320. The van der Waals surface area contributed by atoms with Crippen LogP contribution in [0.3, 0.4) is 0 Å². The average Bonchev–Trinajstić information content (AvgIpc) is 2.27. The van der Waals surface area contributed by atoms with Crippen molar-refractivity contribution >= 4 is 11.8 Å². The van der Waals surface area contributed by atoms with Crippen LogP contribution in [-0.2, 0) is 10.3 Å². The highest BCUT2D eigenvalue weighted by Gasteiger charge is 2.25. The van der Waals surface area contributed by atoms with Crippen LogP contribution in [0.1, 0.15) is 12.5 Å². The van der Waals surface area contributed by atoms with Gasteiger partial charge in [0.15, 0.2) is 0 Å². The Hall–Kier alpha value is -0.980. The predicted molar refractivity (Wildman–Crippen MR) is 58.9 cm³/mol. The van der Waals surface area contributed by atoms with Crippen LogP contribution < -0.4 is 0 Å². The van der Waals surface area contributed by atoms with Crippen molar-refractivity contribution in [2.45, 2.75) is 12.5 Å². The zero-order valence-corrected chi connectivity index (χ0v) is 9.17. The molecule has 3 heteroatoms. The Morgan fingerprint density at radius 1 is 1.43 bits per heavy atom. The molecule has 0 aliphatic rings.